The van der Waals surface area contributed by atoms with E-state index in [0.717, 1.165) is 19.3 Å². The van der Waals surface area contributed by atoms with Crippen LogP contribution in [0.4, 0.5) is 0 Å². The molecule has 0 saturated heterocycles. The summed E-state index contributed by atoms with van der Waals surface area (Å²) in [5.41, 5.74) is 0. The molecular formula is C24H48N2O6P+. The molecule has 3 atom stereocenters. The Morgan fingerprint density at radius 1 is 1.00 bits per heavy atom. The van der Waals surface area contributed by atoms with Crippen molar-refractivity contribution in [2.75, 3.05) is 40.9 Å². The summed E-state index contributed by atoms with van der Waals surface area (Å²) in [5, 5.41) is 13.1. The fourth-order valence-corrected chi connectivity index (χ4v) is 3.58. The second-order valence-corrected chi connectivity index (χ2v) is 10.8. The van der Waals surface area contributed by atoms with Crippen molar-refractivity contribution in [2.24, 2.45) is 0 Å². The van der Waals surface area contributed by atoms with E-state index in [4.69, 9.17) is 9.05 Å². The summed E-state index contributed by atoms with van der Waals surface area (Å²) in [7, 11) is 1.53. The lowest BCUT2D eigenvalue weighted by atomic mass is 10.1. The van der Waals surface area contributed by atoms with Crippen molar-refractivity contribution in [3.63, 3.8) is 0 Å². The summed E-state index contributed by atoms with van der Waals surface area (Å²) < 4.78 is 22.7. The summed E-state index contributed by atoms with van der Waals surface area (Å²) in [6, 6.07) is -0.852. The van der Waals surface area contributed by atoms with Crippen LogP contribution in [-0.2, 0) is 18.4 Å². The molecule has 8 nitrogen and oxygen atoms in total. The highest BCUT2D eigenvalue weighted by Crippen LogP contribution is 2.43. The molecule has 0 spiro atoms. The Morgan fingerprint density at radius 2 is 1.64 bits per heavy atom. The Bertz CT molecular complexity index is 619. The van der Waals surface area contributed by atoms with Gasteiger partial charge in [0.1, 0.15) is 13.2 Å². The number of unbranched alkanes of at least 4 members (excludes halogenated alkanes) is 6. The number of quaternary nitrogens is 1. The minimum atomic E-state index is -4.29. The maximum absolute atomic E-state index is 12.1. The smallest absolute Gasteiger partial charge is 0.387 e. The van der Waals surface area contributed by atoms with Crippen LogP contribution in [0.15, 0.2) is 24.3 Å². The highest BCUT2D eigenvalue weighted by Gasteiger charge is 2.27. The van der Waals surface area contributed by atoms with Gasteiger partial charge in [-0.3, -0.25) is 13.8 Å². The van der Waals surface area contributed by atoms with Gasteiger partial charge >= 0.3 is 7.82 Å². The molecule has 0 aromatic rings. The fourth-order valence-electron chi connectivity index (χ4n) is 2.84. The van der Waals surface area contributed by atoms with E-state index in [1.165, 1.54) is 32.1 Å². The molecule has 0 saturated carbocycles. The highest BCUT2D eigenvalue weighted by atomic mass is 31.2. The number of nitrogens with one attached hydrogen (secondary N) is 1. The van der Waals surface area contributed by atoms with Crippen molar-refractivity contribution in [3.05, 3.63) is 24.3 Å². The van der Waals surface area contributed by atoms with Gasteiger partial charge in [-0.25, -0.2) is 4.57 Å². The van der Waals surface area contributed by atoms with Crippen molar-refractivity contribution in [1.82, 2.24) is 5.32 Å². The maximum Gasteiger partial charge on any atom is 0.472 e. The van der Waals surface area contributed by atoms with E-state index in [-0.39, 0.29) is 25.5 Å². The third-order valence-corrected chi connectivity index (χ3v) is 5.97. The monoisotopic (exact) mass is 491 g/mol. The summed E-state index contributed by atoms with van der Waals surface area (Å²) in [4.78, 5) is 21.7. The number of nitrogens with zero attached hydrogens (tertiary/aromatic N) is 1. The van der Waals surface area contributed by atoms with Crippen LogP contribution in [-0.4, -0.2) is 73.4 Å². The molecule has 0 rings (SSSR count). The fraction of sp³-hybridized carbons (Fsp3) is 0.792. The molecule has 194 valence electrons. The first kappa shape index (κ1) is 32.0. The molecule has 1 amide bonds. The summed E-state index contributed by atoms with van der Waals surface area (Å²) in [6.45, 7) is 4.15. The number of carbonyl (C=O) groups excluding carboxylic acids is 1. The van der Waals surface area contributed by atoms with Crippen LogP contribution < -0.4 is 5.32 Å². The second-order valence-electron chi connectivity index (χ2n) is 9.31. The molecule has 0 aliphatic carbocycles. The maximum atomic E-state index is 12.1. The van der Waals surface area contributed by atoms with Crippen LogP contribution in [0, 0.1) is 0 Å². The van der Waals surface area contributed by atoms with Crippen molar-refractivity contribution in [3.8, 4) is 0 Å². The predicted molar refractivity (Wildman–Crippen MR) is 134 cm³/mol. The Kier molecular flexibility index (Phi) is 17.8. The number of aliphatic hydroxyl groups is 1. The van der Waals surface area contributed by atoms with Crippen LogP contribution in [0.3, 0.4) is 0 Å². The third-order valence-electron chi connectivity index (χ3n) is 4.99. The molecule has 0 aromatic carbocycles. The Morgan fingerprint density at radius 3 is 2.27 bits per heavy atom. The third kappa shape index (κ3) is 20.1. The number of amides is 1. The van der Waals surface area contributed by atoms with E-state index in [2.05, 4.69) is 24.4 Å². The lowest BCUT2D eigenvalue weighted by Crippen LogP contribution is -2.45. The molecule has 3 unspecified atom stereocenters. The molecule has 0 aliphatic rings. The Labute approximate surface area is 201 Å². The van der Waals surface area contributed by atoms with Crippen LogP contribution in [0.5, 0.6) is 0 Å². The number of likely N-dealkylation sites (N-methyl/N-ethyl adjacent to an activating group) is 1. The molecule has 0 radical (unpaired) electrons. The van der Waals surface area contributed by atoms with Gasteiger partial charge in [0, 0.05) is 6.42 Å². The molecule has 0 heterocycles. The molecule has 0 bridgehead atoms. The predicted octanol–water partition coefficient (Wildman–Crippen LogP) is 4.34. The number of allylic oxidation sites excluding steroid dienone is 3. The largest absolute Gasteiger partial charge is 0.472 e. The zero-order valence-electron chi connectivity index (χ0n) is 21.4. The minimum absolute atomic E-state index is 0.0535. The Balaban J connectivity index is 4.48. The molecule has 3 N–H and O–H groups in total. The quantitative estimate of drug-likeness (QED) is 0.101. The van der Waals surface area contributed by atoms with E-state index >= 15 is 0 Å². The Hall–Kier alpha value is -1.02. The van der Waals surface area contributed by atoms with E-state index in [1.807, 2.05) is 27.2 Å². The van der Waals surface area contributed by atoms with Crippen molar-refractivity contribution in [1.29, 1.82) is 0 Å². The molecule has 0 aliphatic heterocycles. The van der Waals surface area contributed by atoms with Gasteiger partial charge in [-0.2, -0.15) is 0 Å². The number of phosphoric ester groups is 1. The number of hydrogen-bond donors (Lipinski definition) is 3. The van der Waals surface area contributed by atoms with Crippen LogP contribution >= 0.6 is 7.82 Å². The summed E-state index contributed by atoms with van der Waals surface area (Å²) in [5.74, 6) is -0.281. The van der Waals surface area contributed by atoms with Gasteiger partial charge in [-0.15, -0.1) is 0 Å². The van der Waals surface area contributed by atoms with Gasteiger partial charge in [0.25, 0.3) is 0 Å². The van der Waals surface area contributed by atoms with E-state index < -0.39 is 20.0 Å². The van der Waals surface area contributed by atoms with Crippen LogP contribution in [0.1, 0.15) is 71.6 Å². The first-order chi connectivity index (χ1) is 15.5. The highest BCUT2D eigenvalue weighted by molar-refractivity contribution is 7.47. The normalized spacial score (nSPS) is 16.2. The van der Waals surface area contributed by atoms with Gasteiger partial charge in [0.15, 0.2) is 0 Å². The SMILES string of the molecule is CCCCCCC/C=C/CC/C=C/C(O)C(COP(=O)(O)OCC[N+](C)(C)C)NC(=O)CC. The van der Waals surface area contributed by atoms with Crippen LogP contribution in [0.25, 0.3) is 0 Å². The van der Waals surface area contributed by atoms with Gasteiger partial charge in [-0.05, 0) is 25.7 Å². The summed E-state index contributed by atoms with van der Waals surface area (Å²) >= 11 is 0. The topological polar surface area (TPSA) is 105 Å². The first-order valence-corrected chi connectivity index (χ1v) is 13.7. The zero-order chi connectivity index (χ0) is 25.2. The average Bonchev–Trinajstić information content (AvgIpc) is 2.73. The van der Waals surface area contributed by atoms with Gasteiger partial charge in [0.2, 0.25) is 5.91 Å². The van der Waals surface area contributed by atoms with E-state index in [1.54, 1.807) is 13.0 Å². The molecule has 33 heavy (non-hydrogen) atoms. The van der Waals surface area contributed by atoms with Crippen molar-refractivity contribution >= 4 is 13.7 Å². The van der Waals surface area contributed by atoms with E-state index in [9.17, 15) is 19.4 Å². The molecule has 9 heteroatoms. The van der Waals surface area contributed by atoms with Crippen LogP contribution in [0.2, 0.25) is 0 Å². The van der Waals surface area contributed by atoms with Gasteiger partial charge in [-0.1, -0.05) is 63.8 Å². The molecule has 0 aromatic heterocycles. The number of aliphatic hydroxyl groups excluding tert-OH is 1. The lowest BCUT2D eigenvalue weighted by Gasteiger charge is -2.25. The first-order valence-electron chi connectivity index (χ1n) is 12.2. The number of phosphoric acid groups is 1. The number of hydrogen-bond acceptors (Lipinski definition) is 5. The number of rotatable bonds is 20. The average molecular weight is 492 g/mol. The standard InChI is InChI=1S/C24H47N2O6P/c1-6-8-9-10-11-12-13-14-15-16-17-18-23(27)22(25-24(28)7-2)21-32-33(29,30)31-20-19-26(3,4)5/h13-14,17-18,22-23,27H,6-12,15-16,19-21H2,1-5H3,(H-,25,28,29,30)/p+1/b14-13+,18-17+. The van der Waals surface area contributed by atoms with Crippen molar-refractivity contribution in [2.45, 2.75) is 83.8 Å². The van der Waals surface area contributed by atoms with Crippen molar-refractivity contribution < 1.29 is 32.9 Å². The van der Waals surface area contributed by atoms with Gasteiger partial charge in [0.05, 0.1) is 39.9 Å². The lowest BCUT2D eigenvalue weighted by molar-refractivity contribution is -0.870. The number of carbonyl (C=O) groups is 1. The van der Waals surface area contributed by atoms with E-state index in [0.29, 0.717) is 11.0 Å². The minimum Gasteiger partial charge on any atom is -0.387 e. The summed E-state index contributed by atoms with van der Waals surface area (Å²) in [6.07, 6.45) is 16.0. The molecule has 0 fully saturated rings. The molecular weight excluding hydrogens is 443 g/mol. The second kappa shape index (κ2) is 18.3. The zero-order valence-corrected chi connectivity index (χ0v) is 22.3. The van der Waals surface area contributed by atoms with Gasteiger partial charge < -0.3 is 19.8 Å².